The second-order valence-electron chi connectivity index (χ2n) is 8.75. The highest BCUT2D eigenvalue weighted by Gasteiger charge is 2.15. The third kappa shape index (κ3) is 4.88. The number of allylic oxidation sites excluding steroid dienone is 1. The number of likely N-dealkylation sites (N-methyl/N-ethyl adjacent to an activating group) is 1. The minimum atomic E-state index is 0.721. The summed E-state index contributed by atoms with van der Waals surface area (Å²) < 4.78 is 1.82. The molecule has 0 radical (unpaired) electrons. The summed E-state index contributed by atoms with van der Waals surface area (Å²) in [5.41, 5.74) is 4.33. The van der Waals surface area contributed by atoms with Crippen molar-refractivity contribution in [3.05, 3.63) is 79.0 Å². The molecule has 0 unspecified atom stereocenters. The summed E-state index contributed by atoms with van der Waals surface area (Å²) in [6.45, 7) is 8.39. The number of rotatable bonds is 6. The van der Waals surface area contributed by atoms with E-state index in [2.05, 4.69) is 80.2 Å². The van der Waals surface area contributed by atoms with Gasteiger partial charge in [-0.25, -0.2) is 9.97 Å². The van der Waals surface area contributed by atoms with Gasteiger partial charge in [-0.05, 0) is 47.8 Å². The molecule has 0 atom stereocenters. The van der Waals surface area contributed by atoms with Gasteiger partial charge in [-0.2, -0.15) is 5.10 Å². The zero-order valence-corrected chi connectivity index (χ0v) is 19.2. The lowest BCUT2D eigenvalue weighted by atomic mass is 10.0. The molecular formula is C26H29N7. The van der Waals surface area contributed by atoms with E-state index in [4.69, 9.17) is 0 Å². The molecule has 0 saturated carbocycles. The minimum absolute atomic E-state index is 0.721. The molecule has 7 heteroatoms. The third-order valence-electron chi connectivity index (χ3n) is 6.12. The lowest BCUT2D eigenvalue weighted by Gasteiger charge is -2.33. The molecule has 0 aliphatic carbocycles. The molecule has 5 rings (SSSR count). The number of piperazine rings is 1. The molecule has 168 valence electrons. The first kappa shape index (κ1) is 21.2. The van der Waals surface area contributed by atoms with Crippen LogP contribution in [0.2, 0.25) is 0 Å². The Morgan fingerprint density at radius 1 is 0.939 bits per heavy atom. The van der Waals surface area contributed by atoms with E-state index in [0.717, 1.165) is 71.8 Å². The highest BCUT2D eigenvalue weighted by Crippen LogP contribution is 2.26. The molecule has 1 saturated heterocycles. The Labute approximate surface area is 194 Å². The van der Waals surface area contributed by atoms with Gasteiger partial charge >= 0.3 is 0 Å². The summed E-state index contributed by atoms with van der Waals surface area (Å²) in [4.78, 5) is 13.9. The smallest absolute Gasteiger partial charge is 0.130 e. The van der Waals surface area contributed by atoms with Crippen LogP contribution in [0, 0.1) is 0 Å². The van der Waals surface area contributed by atoms with E-state index in [0.29, 0.717) is 0 Å². The largest absolute Gasteiger partial charge is 0.354 e. The van der Waals surface area contributed by atoms with E-state index in [1.165, 1.54) is 5.56 Å². The number of nitrogens with one attached hydrogen (secondary N) is 1. The van der Waals surface area contributed by atoms with Gasteiger partial charge in [0.05, 0.1) is 6.20 Å². The molecule has 0 amide bonds. The molecule has 1 aliphatic heterocycles. The Bertz CT molecular complexity index is 1280. The second-order valence-corrected chi connectivity index (χ2v) is 8.75. The van der Waals surface area contributed by atoms with Crippen molar-refractivity contribution in [3.8, 4) is 11.1 Å². The first-order valence-electron chi connectivity index (χ1n) is 11.3. The van der Waals surface area contributed by atoms with Crippen molar-refractivity contribution in [2.24, 2.45) is 7.05 Å². The number of aryl methyl sites for hydroxylation is 1. The zero-order chi connectivity index (χ0) is 22.8. The molecule has 1 aliphatic rings. The van der Waals surface area contributed by atoms with Crippen LogP contribution in [0.25, 0.3) is 21.9 Å². The molecule has 7 nitrogen and oxygen atoms in total. The maximum atomic E-state index is 4.59. The fraction of sp³-hybridized carbons (Fsp3) is 0.269. The monoisotopic (exact) mass is 439 g/mol. The highest BCUT2D eigenvalue weighted by atomic mass is 15.3. The van der Waals surface area contributed by atoms with Crippen molar-refractivity contribution in [1.82, 2.24) is 24.6 Å². The Kier molecular flexibility index (Phi) is 5.79. The lowest BCUT2D eigenvalue weighted by Crippen LogP contribution is -2.44. The number of hydrogen-bond donors (Lipinski definition) is 1. The Hall–Kier alpha value is -3.71. The maximum absolute atomic E-state index is 4.59. The minimum Gasteiger partial charge on any atom is -0.354 e. The predicted octanol–water partition coefficient (Wildman–Crippen LogP) is 3.95. The van der Waals surface area contributed by atoms with Crippen LogP contribution in [0.1, 0.15) is 5.56 Å². The average Bonchev–Trinajstić information content (AvgIpc) is 3.25. The summed E-state index contributed by atoms with van der Waals surface area (Å²) in [7, 11) is 4.09. The van der Waals surface area contributed by atoms with E-state index in [1.807, 2.05) is 36.5 Å². The molecule has 0 bridgehead atoms. The van der Waals surface area contributed by atoms with Gasteiger partial charge in [0.25, 0.3) is 0 Å². The zero-order valence-electron chi connectivity index (χ0n) is 19.2. The van der Waals surface area contributed by atoms with Gasteiger partial charge in [0, 0.05) is 74.9 Å². The number of hydrogen-bond acceptors (Lipinski definition) is 6. The first-order valence-corrected chi connectivity index (χ1v) is 11.3. The summed E-state index contributed by atoms with van der Waals surface area (Å²) in [6.07, 6.45) is 8.42. The third-order valence-corrected chi connectivity index (χ3v) is 6.12. The number of fused-ring (bicyclic) bond motifs is 1. The van der Waals surface area contributed by atoms with Gasteiger partial charge in [-0.3, -0.25) is 4.68 Å². The van der Waals surface area contributed by atoms with Crippen LogP contribution >= 0.6 is 0 Å². The number of anilines is 2. The standard InChI is InChI=1S/C26H29N7/c1-19(12-20-6-7-27-26(13-20)33-10-8-31(2)9-11-33)30-25-15-23-14-21(4-5-22(23)16-28-25)24-17-29-32(3)18-24/h4-7,13-18H,1,8-12H2,2-3H3,(H,28,30). The van der Waals surface area contributed by atoms with Crippen LogP contribution in [-0.4, -0.2) is 57.9 Å². The van der Waals surface area contributed by atoms with E-state index < -0.39 is 0 Å². The number of aromatic nitrogens is 4. The van der Waals surface area contributed by atoms with E-state index >= 15 is 0 Å². The molecule has 1 aromatic carbocycles. The van der Waals surface area contributed by atoms with Crippen molar-refractivity contribution < 1.29 is 0 Å². The van der Waals surface area contributed by atoms with Gasteiger partial charge < -0.3 is 15.1 Å². The van der Waals surface area contributed by atoms with Gasteiger partial charge in [0.1, 0.15) is 11.6 Å². The summed E-state index contributed by atoms with van der Waals surface area (Å²) in [5.74, 6) is 1.84. The molecule has 0 spiro atoms. The first-order chi connectivity index (χ1) is 16.0. The average molecular weight is 440 g/mol. The van der Waals surface area contributed by atoms with Crippen LogP contribution in [0.4, 0.5) is 11.6 Å². The van der Waals surface area contributed by atoms with Crippen molar-refractivity contribution in [1.29, 1.82) is 0 Å². The molecule has 4 heterocycles. The fourth-order valence-corrected chi connectivity index (χ4v) is 4.21. The topological polar surface area (TPSA) is 62.1 Å². The quantitative estimate of drug-likeness (QED) is 0.491. The van der Waals surface area contributed by atoms with Crippen LogP contribution in [-0.2, 0) is 13.5 Å². The normalized spacial score (nSPS) is 14.5. The fourth-order valence-electron chi connectivity index (χ4n) is 4.21. The predicted molar refractivity (Wildman–Crippen MR) is 134 cm³/mol. The van der Waals surface area contributed by atoms with E-state index in [9.17, 15) is 0 Å². The van der Waals surface area contributed by atoms with Crippen molar-refractivity contribution in [3.63, 3.8) is 0 Å². The SMILES string of the molecule is C=C(Cc1ccnc(N2CCN(C)CC2)c1)Nc1cc2cc(-c3cnn(C)c3)ccc2cn1. The van der Waals surface area contributed by atoms with Gasteiger partial charge in [-0.1, -0.05) is 18.7 Å². The highest BCUT2D eigenvalue weighted by molar-refractivity contribution is 5.88. The molecule has 4 aromatic rings. The van der Waals surface area contributed by atoms with E-state index in [-0.39, 0.29) is 0 Å². The van der Waals surface area contributed by atoms with Gasteiger partial charge in [0.15, 0.2) is 0 Å². The van der Waals surface area contributed by atoms with Crippen LogP contribution in [0.15, 0.2) is 73.5 Å². The summed E-state index contributed by atoms with van der Waals surface area (Å²) >= 11 is 0. The molecule has 1 N–H and O–H groups in total. The van der Waals surface area contributed by atoms with Crippen LogP contribution in [0.3, 0.4) is 0 Å². The van der Waals surface area contributed by atoms with Crippen LogP contribution in [0.5, 0.6) is 0 Å². The number of nitrogens with zero attached hydrogens (tertiary/aromatic N) is 6. The van der Waals surface area contributed by atoms with Crippen molar-refractivity contribution in [2.75, 3.05) is 43.4 Å². The lowest BCUT2D eigenvalue weighted by molar-refractivity contribution is 0.312. The Morgan fingerprint density at radius 3 is 2.58 bits per heavy atom. The summed E-state index contributed by atoms with van der Waals surface area (Å²) in [6, 6.07) is 12.7. The van der Waals surface area contributed by atoms with Gasteiger partial charge in [-0.15, -0.1) is 0 Å². The van der Waals surface area contributed by atoms with Crippen molar-refractivity contribution >= 4 is 22.4 Å². The number of pyridine rings is 2. The Morgan fingerprint density at radius 2 is 1.79 bits per heavy atom. The summed E-state index contributed by atoms with van der Waals surface area (Å²) in [5, 5.41) is 9.90. The van der Waals surface area contributed by atoms with Crippen molar-refractivity contribution in [2.45, 2.75) is 6.42 Å². The van der Waals surface area contributed by atoms with Crippen LogP contribution < -0.4 is 10.2 Å². The number of benzene rings is 1. The molecule has 33 heavy (non-hydrogen) atoms. The van der Waals surface area contributed by atoms with E-state index in [1.54, 1.807) is 0 Å². The molecule has 3 aromatic heterocycles. The maximum Gasteiger partial charge on any atom is 0.130 e. The molecular weight excluding hydrogens is 410 g/mol. The molecule has 1 fully saturated rings. The Balaban J connectivity index is 1.28. The van der Waals surface area contributed by atoms with Gasteiger partial charge in [0.2, 0.25) is 0 Å². The second kappa shape index (κ2) is 9.03.